The van der Waals surface area contributed by atoms with Gasteiger partial charge in [-0.15, -0.1) is 0 Å². The van der Waals surface area contributed by atoms with Crippen LogP contribution in [0.5, 0.6) is 11.5 Å². The summed E-state index contributed by atoms with van der Waals surface area (Å²) in [6.45, 7) is 24.7. The van der Waals surface area contributed by atoms with Gasteiger partial charge in [0.15, 0.2) is 0 Å². The third-order valence-corrected chi connectivity index (χ3v) is 10.2. The van der Waals surface area contributed by atoms with Crippen molar-refractivity contribution in [2.75, 3.05) is 0 Å². The van der Waals surface area contributed by atoms with Gasteiger partial charge in [0.2, 0.25) is 0 Å². The van der Waals surface area contributed by atoms with Crippen molar-refractivity contribution in [1.29, 1.82) is 0 Å². The van der Waals surface area contributed by atoms with E-state index in [0.717, 1.165) is 52.6 Å². The summed E-state index contributed by atoms with van der Waals surface area (Å²) in [5.41, 5.74) is 11.4. The van der Waals surface area contributed by atoms with Crippen LogP contribution in [0.1, 0.15) is 104 Å². The van der Waals surface area contributed by atoms with E-state index >= 15 is 0 Å². The first-order valence-electron chi connectivity index (χ1n) is 19.1. The molecular weight excluding hydrogens is 649 g/mol. The van der Waals surface area contributed by atoms with Crippen LogP contribution < -0.4 is 4.74 Å². The molecule has 5 nitrogen and oxygen atoms in total. The number of ether oxygens (including phenoxy) is 1. The third-order valence-electron chi connectivity index (χ3n) is 10.2. The predicted molar refractivity (Wildman–Crippen MR) is 222 cm³/mol. The first-order valence-corrected chi connectivity index (χ1v) is 19.1. The molecule has 3 aromatic heterocycles. The summed E-state index contributed by atoms with van der Waals surface area (Å²) in [5, 5.41) is 7.75. The quantitative estimate of drug-likeness (QED) is 0.166. The molecule has 0 bridgehead atoms. The Bertz CT molecular complexity index is 2440. The molecule has 7 rings (SSSR count). The maximum Gasteiger partial charge on any atom is 0.137 e. The molecule has 0 saturated heterocycles. The highest BCUT2D eigenvalue weighted by Crippen LogP contribution is 2.41. The van der Waals surface area contributed by atoms with Crippen LogP contribution in [-0.4, -0.2) is 19.3 Å². The second kappa shape index (κ2) is 13.4. The lowest BCUT2D eigenvalue weighted by atomic mass is 9.84. The Morgan fingerprint density at radius 2 is 1.34 bits per heavy atom. The maximum absolute atomic E-state index is 6.88. The molecule has 5 heteroatoms. The normalized spacial score (nSPS) is 12.6. The van der Waals surface area contributed by atoms with Crippen LogP contribution in [0.25, 0.3) is 44.4 Å². The topological polar surface area (TPSA) is 44.9 Å². The van der Waals surface area contributed by atoms with E-state index in [9.17, 15) is 0 Å². The van der Waals surface area contributed by atoms with Crippen molar-refractivity contribution in [3.8, 4) is 34.1 Å². The van der Waals surface area contributed by atoms with E-state index in [0.29, 0.717) is 0 Å². The highest BCUT2D eigenvalue weighted by Gasteiger charge is 2.30. The summed E-state index contributed by atoms with van der Waals surface area (Å²) >= 11 is 0. The van der Waals surface area contributed by atoms with E-state index in [1.165, 1.54) is 44.3 Å². The zero-order chi connectivity index (χ0) is 37.9. The van der Waals surface area contributed by atoms with Gasteiger partial charge in [-0.2, -0.15) is 5.10 Å². The molecule has 0 aliphatic carbocycles. The molecule has 272 valence electrons. The smallest absolute Gasteiger partial charge is 0.137 e. The van der Waals surface area contributed by atoms with Gasteiger partial charge in [0.05, 0.1) is 28.1 Å². The standard InChI is InChI=1S/C48H54N4O/c1-12-15-40-44(32-20-18-31(2)19-21-32)45(48(9,10)11)52(50-40)35-26-34(47(6,7)8)27-37(29-35)53-36-22-23-39-38-16-13-14-17-41(38)51(42(39)30-36)43-28-33(24-25-49-43)46(3,4)5/h13-14,16-30H,12,15H2,1-11H3. The Labute approximate surface area is 315 Å². The lowest BCUT2D eigenvalue weighted by molar-refractivity contribution is 0.477. The van der Waals surface area contributed by atoms with Crippen LogP contribution in [0.2, 0.25) is 0 Å². The van der Waals surface area contributed by atoms with Crippen molar-refractivity contribution >= 4 is 21.8 Å². The first-order chi connectivity index (χ1) is 25.0. The summed E-state index contributed by atoms with van der Waals surface area (Å²) in [5.74, 6) is 2.46. The molecule has 3 heterocycles. The summed E-state index contributed by atoms with van der Waals surface area (Å²) in [7, 11) is 0. The van der Waals surface area contributed by atoms with Crippen LogP contribution in [0.4, 0.5) is 0 Å². The Balaban J connectivity index is 1.40. The number of nitrogens with zero attached hydrogens (tertiary/aromatic N) is 4. The van der Waals surface area contributed by atoms with E-state index in [4.69, 9.17) is 14.8 Å². The summed E-state index contributed by atoms with van der Waals surface area (Å²) in [4.78, 5) is 4.88. The first kappa shape index (κ1) is 36.2. The van der Waals surface area contributed by atoms with Crippen molar-refractivity contribution in [3.05, 3.63) is 131 Å². The Morgan fingerprint density at radius 1 is 0.642 bits per heavy atom. The van der Waals surface area contributed by atoms with Gasteiger partial charge in [-0.05, 0) is 83.3 Å². The average molecular weight is 703 g/mol. The second-order valence-electron chi connectivity index (χ2n) is 17.7. The molecule has 7 aromatic rings. The Kier molecular flexibility index (Phi) is 9.13. The third kappa shape index (κ3) is 7.02. The largest absolute Gasteiger partial charge is 0.457 e. The van der Waals surface area contributed by atoms with Crippen molar-refractivity contribution < 1.29 is 4.74 Å². The summed E-state index contributed by atoms with van der Waals surface area (Å²) in [6, 6.07) is 34.9. The SMILES string of the molecule is CCCc1nn(-c2cc(Oc3ccc4c5ccccc5n(-c5cc(C(C)(C)C)ccn5)c4c3)cc(C(C)(C)C)c2)c(C(C)(C)C)c1-c1ccc(C)cc1. The summed E-state index contributed by atoms with van der Waals surface area (Å²) < 4.78 is 11.3. The summed E-state index contributed by atoms with van der Waals surface area (Å²) in [6.07, 6.45) is 3.85. The Morgan fingerprint density at radius 3 is 2.02 bits per heavy atom. The number of hydrogen-bond acceptors (Lipinski definition) is 3. The van der Waals surface area contributed by atoms with Gasteiger partial charge in [0.25, 0.3) is 0 Å². The van der Waals surface area contributed by atoms with Crippen molar-refractivity contribution in [3.63, 3.8) is 0 Å². The van der Waals surface area contributed by atoms with Crippen LogP contribution >= 0.6 is 0 Å². The van der Waals surface area contributed by atoms with E-state index in [-0.39, 0.29) is 16.2 Å². The molecule has 0 atom stereocenters. The zero-order valence-corrected chi connectivity index (χ0v) is 33.4. The fourth-order valence-electron chi connectivity index (χ4n) is 7.38. The molecule has 0 aliphatic heterocycles. The number of pyridine rings is 1. The van der Waals surface area contributed by atoms with E-state index in [2.05, 4.69) is 182 Å². The molecule has 0 amide bonds. The number of fused-ring (bicyclic) bond motifs is 3. The minimum Gasteiger partial charge on any atom is -0.457 e. The number of rotatable bonds is 7. The number of para-hydroxylation sites is 1. The molecule has 0 saturated carbocycles. The van der Waals surface area contributed by atoms with Crippen molar-refractivity contribution in [2.24, 2.45) is 0 Å². The van der Waals surface area contributed by atoms with Gasteiger partial charge in [-0.3, -0.25) is 4.57 Å². The van der Waals surface area contributed by atoms with E-state index in [1.807, 2.05) is 6.20 Å². The van der Waals surface area contributed by atoms with E-state index in [1.54, 1.807) is 0 Å². The number of aryl methyl sites for hydroxylation is 2. The minimum absolute atomic E-state index is 0.000134. The zero-order valence-electron chi connectivity index (χ0n) is 33.4. The molecule has 53 heavy (non-hydrogen) atoms. The van der Waals surface area contributed by atoms with Crippen molar-refractivity contribution in [1.82, 2.24) is 19.3 Å². The lowest BCUT2D eigenvalue weighted by Crippen LogP contribution is -2.19. The van der Waals surface area contributed by atoms with Gasteiger partial charge < -0.3 is 4.74 Å². The number of aromatic nitrogens is 4. The highest BCUT2D eigenvalue weighted by molar-refractivity contribution is 6.09. The van der Waals surface area contributed by atoms with Gasteiger partial charge >= 0.3 is 0 Å². The van der Waals surface area contributed by atoms with Crippen molar-refractivity contribution in [2.45, 2.75) is 105 Å². The molecule has 0 unspecified atom stereocenters. The molecule has 4 aromatic carbocycles. The van der Waals surface area contributed by atoms with Gasteiger partial charge in [0, 0.05) is 40.1 Å². The molecule has 0 N–H and O–H groups in total. The average Bonchev–Trinajstić information content (AvgIpc) is 3.64. The fourth-order valence-corrected chi connectivity index (χ4v) is 7.38. The second-order valence-corrected chi connectivity index (χ2v) is 17.7. The molecule has 0 spiro atoms. The minimum atomic E-state index is -0.172. The lowest BCUT2D eigenvalue weighted by Gasteiger charge is -2.25. The Hall–Kier alpha value is -5.16. The molecule has 0 aliphatic rings. The molecule has 0 radical (unpaired) electrons. The van der Waals surface area contributed by atoms with Gasteiger partial charge in [-0.1, -0.05) is 124 Å². The maximum atomic E-state index is 6.88. The van der Waals surface area contributed by atoms with Crippen LogP contribution in [-0.2, 0) is 22.7 Å². The predicted octanol–water partition coefficient (Wildman–Crippen LogP) is 13.0. The van der Waals surface area contributed by atoms with Gasteiger partial charge in [-0.25, -0.2) is 9.67 Å². The molecular formula is C48H54N4O. The number of hydrogen-bond donors (Lipinski definition) is 0. The fraction of sp³-hybridized carbons (Fsp3) is 0.333. The monoisotopic (exact) mass is 702 g/mol. The van der Waals surface area contributed by atoms with Crippen LogP contribution in [0.3, 0.4) is 0 Å². The van der Waals surface area contributed by atoms with E-state index < -0.39 is 0 Å². The molecule has 0 fully saturated rings. The van der Waals surface area contributed by atoms with Gasteiger partial charge in [0.1, 0.15) is 17.3 Å². The van der Waals surface area contributed by atoms with Crippen LogP contribution in [0.15, 0.2) is 103 Å². The number of benzene rings is 4. The van der Waals surface area contributed by atoms with Crippen LogP contribution in [0, 0.1) is 6.92 Å². The highest BCUT2D eigenvalue weighted by atomic mass is 16.5.